The first-order valence-electron chi connectivity index (χ1n) is 5.70. The van der Waals surface area contributed by atoms with E-state index < -0.39 is 0 Å². The van der Waals surface area contributed by atoms with Gasteiger partial charge >= 0.3 is 0 Å². The number of aromatic nitrogens is 2. The molecular weight excluding hydrogens is 206 g/mol. The average molecular weight is 223 g/mol. The lowest BCUT2D eigenvalue weighted by atomic mass is 10.1. The summed E-state index contributed by atoms with van der Waals surface area (Å²) in [5.41, 5.74) is 0. The standard InChI is InChI=1S/C11H17N3O2/c1-7(2)11(15)14-6-4-5-9(14)10-12-8(3)16-13-10/h7,9H,4-6H2,1-3H3/t9-/m0/s1. The number of likely N-dealkylation sites (tertiary alicyclic amines) is 1. The van der Waals surface area contributed by atoms with Crippen molar-refractivity contribution in [2.75, 3.05) is 6.54 Å². The summed E-state index contributed by atoms with van der Waals surface area (Å²) in [5, 5.41) is 3.91. The molecule has 1 atom stereocenters. The lowest BCUT2D eigenvalue weighted by molar-refractivity contribution is -0.135. The Morgan fingerprint density at radius 1 is 1.56 bits per heavy atom. The van der Waals surface area contributed by atoms with Crippen LogP contribution in [0.25, 0.3) is 0 Å². The number of carbonyl (C=O) groups is 1. The zero-order valence-electron chi connectivity index (χ0n) is 9.93. The van der Waals surface area contributed by atoms with Crippen LogP contribution >= 0.6 is 0 Å². The van der Waals surface area contributed by atoms with Gasteiger partial charge in [0.25, 0.3) is 0 Å². The van der Waals surface area contributed by atoms with Crippen molar-refractivity contribution < 1.29 is 9.32 Å². The molecule has 0 N–H and O–H groups in total. The van der Waals surface area contributed by atoms with E-state index in [4.69, 9.17) is 4.52 Å². The molecule has 0 aromatic carbocycles. The van der Waals surface area contributed by atoms with E-state index in [2.05, 4.69) is 10.1 Å². The minimum Gasteiger partial charge on any atom is -0.340 e. The summed E-state index contributed by atoms with van der Waals surface area (Å²) in [5.74, 6) is 1.39. The topological polar surface area (TPSA) is 59.2 Å². The van der Waals surface area contributed by atoms with Crippen LogP contribution in [0.1, 0.15) is 44.4 Å². The number of hydrogen-bond acceptors (Lipinski definition) is 4. The molecule has 2 rings (SSSR count). The molecule has 0 bridgehead atoms. The first kappa shape index (κ1) is 11.1. The van der Waals surface area contributed by atoms with Crippen LogP contribution < -0.4 is 0 Å². The third-order valence-corrected chi connectivity index (χ3v) is 2.87. The second-order valence-electron chi connectivity index (χ2n) is 4.52. The van der Waals surface area contributed by atoms with Crippen molar-refractivity contribution in [3.8, 4) is 0 Å². The highest BCUT2D eigenvalue weighted by Gasteiger charge is 2.33. The quantitative estimate of drug-likeness (QED) is 0.765. The molecule has 0 saturated carbocycles. The van der Waals surface area contributed by atoms with E-state index in [1.807, 2.05) is 18.7 Å². The SMILES string of the molecule is Cc1nc([C@@H]2CCCN2C(=O)C(C)C)no1. The molecule has 1 saturated heterocycles. The minimum atomic E-state index is 0.00681. The van der Waals surface area contributed by atoms with Gasteiger partial charge in [-0.3, -0.25) is 4.79 Å². The smallest absolute Gasteiger partial charge is 0.225 e. The number of nitrogens with zero attached hydrogens (tertiary/aromatic N) is 3. The first-order valence-corrected chi connectivity index (χ1v) is 5.70. The Kier molecular flexibility index (Phi) is 2.94. The van der Waals surface area contributed by atoms with E-state index in [1.165, 1.54) is 0 Å². The molecule has 0 aliphatic carbocycles. The maximum Gasteiger partial charge on any atom is 0.225 e. The summed E-state index contributed by atoms with van der Waals surface area (Å²) in [4.78, 5) is 18.1. The number of aryl methyl sites for hydroxylation is 1. The highest BCUT2D eigenvalue weighted by atomic mass is 16.5. The number of hydrogen-bond donors (Lipinski definition) is 0. The predicted octanol–water partition coefficient (Wildman–Crippen LogP) is 1.70. The van der Waals surface area contributed by atoms with Gasteiger partial charge in [0.2, 0.25) is 11.8 Å². The van der Waals surface area contributed by atoms with Gasteiger partial charge in [-0.2, -0.15) is 4.98 Å². The third kappa shape index (κ3) is 1.94. The van der Waals surface area contributed by atoms with Crippen molar-refractivity contribution in [1.29, 1.82) is 0 Å². The Morgan fingerprint density at radius 2 is 2.31 bits per heavy atom. The minimum absolute atomic E-state index is 0.00681. The summed E-state index contributed by atoms with van der Waals surface area (Å²) >= 11 is 0. The summed E-state index contributed by atoms with van der Waals surface area (Å²) in [6, 6.07) is 0.00681. The lowest BCUT2D eigenvalue weighted by Crippen LogP contribution is -2.34. The van der Waals surface area contributed by atoms with Gasteiger partial charge in [0.15, 0.2) is 5.82 Å². The van der Waals surface area contributed by atoms with Crippen LogP contribution in [0.5, 0.6) is 0 Å². The third-order valence-electron chi connectivity index (χ3n) is 2.87. The van der Waals surface area contributed by atoms with Crippen LogP contribution in [-0.4, -0.2) is 27.5 Å². The van der Waals surface area contributed by atoms with Crippen molar-refractivity contribution >= 4 is 5.91 Å². The Hall–Kier alpha value is -1.39. The van der Waals surface area contributed by atoms with Crippen molar-refractivity contribution in [2.45, 2.75) is 39.7 Å². The average Bonchev–Trinajstić information content (AvgIpc) is 2.83. The molecule has 0 spiro atoms. The molecular formula is C11H17N3O2. The maximum absolute atomic E-state index is 12.0. The van der Waals surface area contributed by atoms with E-state index in [-0.39, 0.29) is 17.9 Å². The van der Waals surface area contributed by atoms with Crippen molar-refractivity contribution in [2.24, 2.45) is 5.92 Å². The second kappa shape index (κ2) is 4.23. The molecule has 2 heterocycles. The van der Waals surface area contributed by atoms with Gasteiger partial charge in [-0.25, -0.2) is 0 Å². The fraction of sp³-hybridized carbons (Fsp3) is 0.727. The Morgan fingerprint density at radius 3 is 2.88 bits per heavy atom. The van der Waals surface area contributed by atoms with E-state index in [0.29, 0.717) is 11.7 Å². The fourth-order valence-electron chi connectivity index (χ4n) is 2.08. The summed E-state index contributed by atoms with van der Waals surface area (Å²) in [6.45, 7) is 6.40. The second-order valence-corrected chi connectivity index (χ2v) is 4.52. The van der Waals surface area contributed by atoms with Crippen LogP contribution in [-0.2, 0) is 4.79 Å². The van der Waals surface area contributed by atoms with Gasteiger partial charge < -0.3 is 9.42 Å². The van der Waals surface area contributed by atoms with Crippen molar-refractivity contribution in [1.82, 2.24) is 15.0 Å². The number of amides is 1. The largest absolute Gasteiger partial charge is 0.340 e. The van der Waals surface area contributed by atoms with E-state index in [0.717, 1.165) is 19.4 Å². The molecule has 5 nitrogen and oxygen atoms in total. The summed E-state index contributed by atoms with van der Waals surface area (Å²) in [7, 11) is 0. The van der Waals surface area contributed by atoms with Gasteiger partial charge in [0.1, 0.15) is 0 Å². The highest BCUT2D eigenvalue weighted by molar-refractivity contribution is 5.78. The Balaban J connectivity index is 2.18. The van der Waals surface area contributed by atoms with E-state index in [9.17, 15) is 4.79 Å². The van der Waals surface area contributed by atoms with Gasteiger partial charge in [0.05, 0.1) is 6.04 Å². The van der Waals surface area contributed by atoms with Crippen LogP contribution in [0.3, 0.4) is 0 Å². The lowest BCUT2D eigenvalue weighted by Gasteiger charge is -2.23. The molecule has 16 heavy (non-hydrogen) atoms. The maximum atomic E-state index is 12.0. The Bertz CT molecular complexity index is 386. The Labute approximate surface area is 94.8 Å². The monoisotopic (exact) mass is 223 g/mol. The van der Waals surface area contributed by atoms with Gasteiger partial charge in [0, 0.05) is 19.4 Å². The van der Waals surface area contributed by atoms with Crippen molar-refractivity contribution in [3.05, 3.63) is 11.7 Å². The van der Waals surface area contributed by atoms with Crippen LogP contribution in [0.2, 0.25) is 0 Å². The summed E-state index contributed by atoms with van der Waals surface area (Å²) < 4.78 is 4.97. The van der Waals surface area contributed by atoms with E-state index >= 15 is 0 Å². The molecule has 88 valence electrons. The number of carbonyl (C=O) groups excluding carboxylic acids is 1. The van der Waals surface area contributed by atoms with Gasteiger partial charge in [-0.15, -0.1) is 0 Å². The first-order chi connectivity index (χ1) is 7.59. The molecule has 1 fully saturated rings. The van der Waals surface area contributed by atoms with Crippen LogP contribution in [0.15, 0.2) is 4.52 Å². The van der Waals surface area contributed by atoms with Crippen molar-refractivity contribution in [3.63, 3.8) is 0 Å². The van der Waals surface area contributed by atoms with Crippen LogP contribution in [0, 0.1) is 12.8 Å². The molecule has 5 heteroatoms. The zero-order valence-corrected chi connectivity index (χ0v) is 9.93. The molecule has 1 aliphatic rings. The summed E-state index contributed by atoms with van der Waals surface area (Å²) in [6.07, 6.45) is 1.94. The molecule has 0 unspecified atom stereocenters. The van der Waals surface area contributed by atoms with Gasteiger partial charge in [-0.1, -0.05) is 19.0 Å². The fourth-order valence-corrected chi connectivity index (χ4v) is 2.08. The normalized spacial score (nSPS) is 20.8. The molecule has 1 amide bonds. The molecule has 1 aromatic rings. The van der Waals surface area contributed by atoms with Gasteiger partial charge in [-0.05, 0) is 12.8 Å². The van der Waals surface area contributed by atoms with Crippen LogP contribution in [0.4, 0.5) is 0 Å². The molecule has 0 radical (unpaired) electrons. The zero-order chi connectivity index (χ0) is 11.7. The predicted molar refractivity (Wildman–Crippen MR) is 57.6 cm³/mol. The molecule has 1 aromatic heterocycles. The number of rotatable bonds is 2. The highest BCUT2D eigenvalue weighted by Crippen LogP contribution is 2.31. The molecule has 1 aliphatic heterocycles. The van der Waals surface area contributed by atoms with E-state index in [1.54, 1.807) is 6.92 Å².